The number of amides is 1. The maximum atomic E-state index is 12.4. The van der Waals surface area contributed by atoms with Crippen LogP contribution >= 0.6 is 0 Å². The van der Waals surface area contributed by atoms with E-state index in [4.69, 9.17) is 10.00 Å². The first-order chi connectivity index (χ1) is 10.9. The number of pyridine rings is 1. The molecule has 1 amide bonds. The fourth-order valence-electron chi connectivity index (χ4n) is 3.48. The van der Waals surface area contributed by atoms with Gasteiger partial charge in [0.2, 0.25) is 0 Å². The van der Waals surface area contributed by atoms with E-state index in [1.165, 1.54) is 0 Å². The van der Waals surface area contributed by atoms with Crippen LogP contribution in [0.2, 0.25) is 0 Å². The topological polar surface area (TPSA) is 78.2 Å². The predicted octanol–water partition coefficient (Wildman–Crippen LogP) is 2.91. The molecule has 2 aliphatic rings. The van der Waals surface area contributed by atoms with E-state index in [0.717, 1.165) is 25.1 Å². The third-order valence-electron chi connectivity index (χ3n) is 4.37. The summed E-state index contributed by atoms with van der Waals surface area (Å²) in [6, 6.07) is 6.18. The highest BCUT2D eigenvalue weighted by molar-refractivity contribution is 5.70. The molecule has 3 rings (SSSR count). The normalized spacial score (nSPS) is 26.0. The molecule has 0 saturated carbocycles. The van der Waals surface area contributed by atoms with E-state index in [9.17, 15) is 4.79 Å². The molecule has 1 aromatic heterocycles. The Morgan fingerprint density at radius 3 is 2.83 bits per heavy atom. The summed E-state index contributed by atoms with van der Waals surface area (Å²) in [5, 5.41) is 12.2. The van der Waals surface area contributed by atoms with Crippen LogP contribution < -0.4 is 5.32 Å². The largest absolute Gasteiger partial charge is 0.444 e. The summed E-state index contributed by atoms with van der Waals surface area (Å²) in [5.74, 6) is 0.741. The van der Waals surface area contributed by atoms with E-state index in [1.807, 2.05) is 31.7 Å². The van der Waals surface area contributed by atoms with Crippen LogP contribution in [-0.4, -0.2) is 39.7 Å². The molecule has 2 bridgehead atoms. The van der Waals surface area contributed by atoms with Gasteiger partial charge in [0.25, 0.3) is 0 Å². The molecule has 0 aliphatic carbocycles. The number of ether oxygens (including phenoxy) is 1. The molecule has 1 aromatic rings. The van der Waals surface area contributed by atoms with Crippen molar-refractivity contribution in [2.45, 2.75) is 63.8 Å². The van der Waals surface area contributed by atoms with Crippen molar-refractivity contribution in [1.82, 2.24) is 9.88 Å². The van der Waals surface area contributed by atoms with E-state index in [2.05, 4.69) is 16.4 Å². The molecular weight excluding hydrogens is 292 g/mol. The van der Waals surface area contributed by atoms with Crippen molar-refractivity contribution in [3.8, 4) is 6.07 Å². The lowest BCUT2D eigenvalue weighted by Gasteiger charge is -2.28. The van der Waals surface area contributed by atoms with Gasteiger partial charge in [-0.25, -0.2) is 9.78 Å². The van der Waals surface area contributed by atoms with E-state index in [-0.39, 0.29) is 24.2 Å². The van der Waals surface area contributed by atoms with Crippen LogP contribution in [0.25, 0.3) is 0 Å². The fourth-order valence-corrected chi connectivity index (χ4v) is 3.48. The summed E-state index contributed by atoms with van der Waals surface area (Å²) in [7, 11) is 0. The number of nitrogens with zero attached hydrogens (tertiary/aromatic N) is 3. The average molecular weight is 314 g/mol. The van der Waals surface area contributed by atoms with E-state index < -0.39 is 5.60 Å². The predicted molar refractivity (Wildman–Crippen MR) is 85.9 cm³/mol. The molecule has 6 heteroatoms. The molecule has 23 heavy (non-hydrogen) atoms. The van der Waals surface area contributed by atoms with Crippen molar-refractivity contribution >= 4 is 11.9 Å². The number of anilines is 1. The zero-order valence-electron chi connectivity index (χ0n) is 13.7. The molecule has 1 N–H and O–H groups in total. The number of aromatic nitrogens is 1. The molecule has 2 fully saturated rings. The second-order valence-corrected chi connectivity index (χ2v) is 7.22. The second-order valence-electron chi connectivity index (χ2n) is 7.22. The smallest absolute Gasteiger partial charge is 0.410 e. The Hall–Kier alpha value is -2.29. The van der Waals surface area contributed by atoms with Crippen molar-refractivity contribution < 1.29 is 9.53 Å². The van der Waals surface area contributed by atoms with Gasteiger partial charge in [-0.2, -0.15) is 5.26 Å². The number of carbonyl (C=O) groups excluding carboxylic acids is 1. The Labute approximate surface area is 136 Å². The Bertz CT molecular complexity index is 629. The molecule has 6 nitrogen and oxygen atoms in total. The van der Waals surface area contributed by atoms with Crippen molar-refractivity contribution in [3.63, 3.8) is 0 Å². The molecule has 0 radical (unpaired) electrons. The van der Waals surface area contributed by atoms with Crippen molar-refractivity contribution in [1.29, 1.82) is 5.26 Å². The van der Waals surface area contributed by atoms with Crippen molar-refractivity contribution in [3.05, 3.63) is 23.9 Å². The number of hydrogen-bond acceptors (Lipinski definition) is 5. The van der Waals surface area contributed by atoms with Gasteiger partial charge in [0.15, 0.2) is 0 Å². The van der Waals surface area contributed by atoms with Crippen LogP contribution in [0.1, 0.15) is 45.6 Å². The summed E-state index contributed by atoms with van der Waals surface area (Å²) < 4.78 is 5.54. The molecule has 122 valence electrons. The molecule has 2 aliphatic heterocycles. The monoisotopic (exact) mass is 314 g/mol. The highest BCUT2D eigenvalue weighted by Gasteiger charge is 2.49. The lowest BCUT2D eigenvalue weighted by atomic mass is 9.95. The SMILES string of the molecule is CC(C)(C)OC(=O)N1C2CCC1C(Nc1ccc(C#N)cn1)C2. The first-order valence-corrected chi connectivity index (χ1v) is 8.01. The Morgan fingerprint density at radius 1 is 1.43 bits per heavy atom. The first-order valence-electron chi connectivity index (χ1n) is 8.01. The van der Waals surface area contributed by atoms with Crippen LogP contribution in [0.5, 0.6) is 0 Å². The van der Waals surface area contributed by atoms with Gasteiger partial charge < -0.3 is 15.0 Å². The fraction of sp³-hybridized carbons (Fsp3) is 0.588. The Kier molecular flexibility index (Phi) is 3.88. The third kappa shape index (κ3) is 3.24. The molecule has 2 saturated heterocycles. The molecule has 3 atom stereocenters. The van der Waals surface area contributed by atoms with Crippen LogP contribution in [0.3, 0.4) is 0 Å². The Balaban J connectivity index is 1.67. The van der Waals surface area contributed by atoms with Gasteiger partial charge in [0.05, 0.1) is 17.6 Å². The summed E-state index contributed by atoms with van der Waals surface area (Å²) in [6.07, 6.45) is 4.26. The van der Waals surface area contributed by atoms with E-state index in [1.54, 1.807) is 12.3 Å². The van der Waals surface area contributed by atoms with Crippen LogP contribution in [-0.2, 0) is 4.74 Å². The number of hydrogen-bond donors (Lipinski definition) is 1. The average Bonchev–Trinajstić information content (AvgIpc) is 3.04. The van der Waals surface area contributed by atoms with E-state index >= 15 is 0 Å². The number of carbonyl (C=O) groups is 1. The van der Waals surface area contributed by atoms with Crippen LogP contribution in [0, 0.1) is 11.3 Å². The van der Waals surface area contributed by atoms with Crippen molar-refractivity contribution in [2.24, 2.45) is 0 Å². The lowest BCUT2D eigenvalue weighted by molar-refractivity contribution is 0.0214. The molecule has 0 aromatic carbocycles. The minimum atomic E-state index is -0.475. The number of nitrogens with one attached hydrogen (secondary N) is 1. The number of nitriles is 1. The number of fused-ring (bicyclic) bond motifs is 2. The summed E-state index contributed by atoms with van der Waals surface area (Å²) in [5.41, 5.74) is 0.0651. The summed E-state index contributed by atoms with van der Waals surface area (Å²) >= 11 is 0. The van der Waals surface area contributed by atoms with Gasteiger partial charge in [0, 0.05) is 12.2 Å². The van der Waals surface area contributed by atoms with Gasteiger partial charge >= 0.3 is 6.09 Å². The highest BCUT2D eigenvalue weighted by atomic mass is 16.6. The zero-order valence-corrected chi connectivity index (χ0v) is 13.7. The van der Waals surface area contributed by atoms with Crippen LogP contribution in [0.4, 0.5) is 10.6 Å². The molecular formula is C17H22N4O2. The molecule has 3 unspecified atom stereocenters. The van der Waals surface area contributed by atoms with Gasteiger partial charge in [0.1, 0.15) is 17.5 Å². The number of rotatable bonds is 2. The zero-order chi connectivity index (χ0) is 16.6. The standard InChI is InChI=1S/C17H22N4O2/c1-17(2,3)23-16(22)21-12-5-6-14(21)13(8-12)20-15-7-4-11(9-18)10-19-15/h4,7,10,12-14H,5-6,8H2,1-3H3,(H,19,20). The highest BCUT2D eigenvalue weighted by Crippen LogP contribution is 2.39. The second kappa shape index (κ2) is 5.73. The van der Waals surface area contributed by atoms with Crippen LogP contribution in [0.15, 0.2) is 18.3 Å². The maximum Gasteiger partial charge on any atom is 0.410 e. The first kappa shape index (κ1) is 15.6. The summed E-state index contributed by atoms with van der Waals surface area (Å²) in [6.45, 7) is 5.66. The third-order valence-corrected chi connectivity index (χ3v) is 4.37. The van der Waals surface area contributed by atoms with Gasteiger partial charge in [-0.1, -0.05) is 0 Å². The van der Waals surface area contributed by atoms with E-state index in [0.29, 0.717) is 5.56 Å². The quantitative estimate of drug-likeness (QED) is 0.908. The minimum absolute atomic E-state index is 0.146. The molecule has 0 spiro atoms. The maximum absolute atomic E-state index is 12.4. The van der Waals surface area contributed by atoms with Gasteiger partial charge in [-0.3, -0.25) is 0 Å². The minimum Gasteiger partial charge on any atom is -0.444 e. The Morgan fingerprint density at radius 2 is 2.22 bits per heavy atom. The van der Waals surface area contributed by atoms with Gasteiger partial charge in [-0.05, 0) is 52.2 Å². The van der Waals surface area contributed by atoms with Crippen molar-refractivity contribution in [2.75, 3.05) is 5.32 Å². The summed E-state index contributed by atoms with van der Waals surface area (Å²) in [4.78, 5) is 18.6. The van der Waals surface area contributed by atoms with Gasteiger partial charge in [-0.15, -0.1) is 0 Å². The lowest BCUT2D eigenvalue weighted by Crippen LogP contribution is -2.42. The molecule has 3 heterocycles.